The van der Waals surface area contributed by atoms with Crippen LogP contribution in [0.4, 0.5) is 8.78 Å². The van der Waals surface area contributed by atoms with Gasteiger partial charge in [-0.05, 0) is 40.2 Å². The summed E-state index contributed by atoms with van der Waals surface area (Å²) in [5.41, 5.74) is 2.91. The van der Waals surface area contributed by atoms with Crippen LogP contribution >= 0.6 is 15.9 Å². The molecule has 0 aliphatic rings. The van der Waals surface area contributed by atoms with Gasteiger partial charge < -0.3 is 0 Å². The summed E-state index contributed by atoms with van der Waals surface area (Å²) in [7, 11) is -3.21. The lowest BCUT2D eigenvalue weighted by atomic mass is 10.1. The van der Waals surface area contributed by atoms with Crippen molar-refractivity contribution in [1.29, 1.82) is 0 Å². The standard InChI is InChI=1S/C20H14BrF2N5O2S/c1-27(31(29,30)20-17(21)7-15(22)8-18(20)23)26-11-16-10-25-19-5-4-14(12-28(16)19)13-3-2-6-24-9-13/h2-12H,1H3/b26-11+. The van der Waals surface area contributed by atoms with Gasteiger partial charge in [-0.3, -0.25) is 9.38 Å². The molecule has 158 valence electrons. The van der Waals surface area contributed by atoms with Gasteiger partial charge >= 0.3 is 0 Å². The fraction of sp³-hybridized carbons (Fsp3) is 0.0500. The topological polar surface area (TPSA) is 79.9 Å². The fourth-order valence-electron chi connectivity index (χ4n) is 2.91. The summed E-state index contributed by atoms with van der Waals surface area (Å²) in [4.78, 5) is 7.67. The average molecular weight is 506 g/mol. The molecule has 3 aromatic heterocycles. The van der Waals surface area contributed by atoms with E-state index in [9.17, 15) is 17.2 Å². The van der Waals surface area contributed by atoms with E-state index >= 15 is 0 Å². The zero-order chi connectivity index (χ0) is 22.2. The first kappa shape index (κ1) is 21.1. The highest BCUT2D eigenvalue weighted by Gasteiger charge is 2.27. The maximum absolute atomic E-state index is 14.1. The number of pyridine rings is 2. The van der Waals surface area contributed by atoms with Gasteiger partial charge in [0.1, 0.15) is 22.2 Å². The van der Waals surface area contributed by atoms with Crippen molar-refractivity contribution in [3.8, 4) is 11.1 Å². The minimum Gasteiger partial charge on any atom is -0.298 e. The van der Waals surface area contributed by atoms with Crippen molar-refractivity contribution >= 4 is 37.8 Å². The van der Waals surface area contributed by atoms with Gasteiger partial charge in [0.25, 0.3) is 10.0 Å². The van der Waals surface area contributed by atoms with E-state index in [1.807, 2.05) is 30.5 Å². The predicted molar refractivity (Wildman–Crippen MR) is 115 cm³/mol. The first-order valence-electron chi connectivity index (χ1n) is 8.82. The van der Waals surface area contributed by atoms with Crippen molar-refractivity contribution in [2.75, 3.05) is 7.05 Å². The van der Waals surface area contributed by atoms with Crippen molar-refractivity contribution in [2.24, 2.45) is 5.10 Å². The molecular formula is C20H14BrF2N5O2S. The number of hydrogen-bond acceptors (Lipinski definition) is 5. The number of hydrazone groups is 1. The van der Waals surface area contributed by atoms with Gasteiger partial charge in [-0.2, -0.15) is 17.9 Å². The van der Waals surface area contributed by atoms with Crippen LogP contribution in [0, 0.1) is 11.6 Å². The number of aromatic nitrogens is 3. The number of sulfonamides is 1. The van der Waals surface area contributed by atoms with Crippen LogP contribution in [0.1, 0.15) is 5.69 Å². The maximum Gasteiger partial charge on any atom is 0.282 e. The average Bonchev–Trinajstić information content (AvgIpc) is 3.13. The molecule has 0 fully saturated rings. The Bertz CT molecular complexity index is 1380. The molecule has 0 amide bonds. The van der Waals surface area contributed by atoms with E-state index < -0.39 is 26.6 Å². The number of hydrogen-bond donors (Lipinski definition) is 0. The predicted octanol–water partition coefficient (Wildman–Crippen LogP) is 4.09. The summed E-state index contributed by atoms with van der Waals surface area (Å²) < 4.78 is 55.0. The van der Waals surface area contributed by atoms with Gasteiger partial charge in [-0.25, -0.2) is 13.8 Å². The Morgan fingerprint density at radius 3 is 2.68 bits per heavy atom. The Hall–Kier alpha value is -3.18. The largest absolute Gasteiger partial charge is 0.298 e. The lowest BCUT2D eigenvalue weighted by Gasteiger charge is -2.15. The quantitative estimate of drug-likeness (QED) is 0.302. The van der Waals surface area contributed by atoms with E-state index in [0.29, 0.717) is 21.8 Å². The fourth-order valence-corrected chi connectivity index (χ4v) is 4.98. The summed E-state index contributed by atoms with van der Waals surface area (Å²) in [6.07, 6.45) is 8.04. The van der Waals surface area contributed by atoms with Crippen LogP contribution in [-0.4, -0.2) is 40.5 Å². The second-order valence-corrected chi connectivity index (χ2v) is 9.19. The number of fused-ring (bicyclic) bond motifs is 1. The van der Waals surface area contributed by atoms with Gasteiger partial charge in [-0.15, -0.1) is 0 Å². The molecular weight excluding hydrogens is 492 g/mol. The summed E-state index contributed by atoms with van der Waals surface area (Å²) in [5.74, 6) is -2.12. The Morgan fingerprint density at radius 2 is 1.97 bits per heavy atom. The molecule has 3 heterocycles. The molecule has 0 N–H and O–H groups in total. The summed E-state index contributed by atoms with van der Waals surface area (Å²) in [6, 6.07) is 8.81. The van der Waals surface area contributed by atoms with Crippen LogP contribution in [0.15, 0.2) is 75.7 Å². The number of nitrogens with zero attached hydrogens (tertiary/aromatic N) is 5. The normalized spacial score (nSPS) is 12.0. The number of halogens is 3. The second kappa shape index (κ2) is 8.16. The lowest BCUT2D eigenvalue weighted by Crippen LogP contribution is -2.23. The van der Waals surface area contributed by atoms with Gasteiger partial charge in [0.05, 0.1) is 18.1 Å². The SMILES string of the molecule is CN(/N=C/c1cnc2ccc(-c3cccnc3)cn12)S(=O)(=O)c1c(F)cc(F)cc1Br. The smallest absolute Gasteiger partial charge is 0.282 e. The van der Waals surface area contributed by atoms with Crippen molar-refractivity contribution in [2.45, 2.75) is 4.90 Å². The molecule has 7 nitrogen and oxygen atoms in total. The van der Waals surface area contributed by atoms with Crippen molar-refractivity contribution < 1.29 is 17.2 Å². The second-order valence-electron chi connectivity index (χ2n) is 6.45. The van der Waals surface area contributed by atoms with E-state index in [2.05, 4.69) is 31.0 Å². The lowest BCUT2D eigenvalue weighted by molar-refractivity contribution is 0.478. The Labute approximate surface area is 184 Å². The minimum atomic E-state index is -4.37. The number of rotatable bonds is 5. The highest BCUT2D eigenvalue weighted by Crippen LogP contribution is 2.28. The molecule has 0 radical (unpaired) electrons. The monoisotopic (exact) mass is 505 g/mol. The molecule has 0 saturated heterocycles. The summed E-state index contributed by atoms with van der Waals surface area (Å²) >= 11 is 2.90. The van der Waals surface area contributed by atoms with Gasteiger partial charge in [0.15, 0.2) is 0 Å². The number of imidazole rings is 1. The third-order valence-corrected chi connectivity index (χ3v) is 7.06. The van der Waals surface area contributed by atoms with Gasteiger partial charge in [0.2, 0.25) is 0 Å². The highest BCUT2D eigenvalue weighted by molar-refractivity contribution is 9.10. The van der Waals surface area contributed by atoms with Crippen LogP contribution in [0.3, 0.4) is 0 Å². The zero-order valence-corrected chi connectivity index (χ0v) is 18.3. The molecule has 31 heavy (non-hydrogen) atoms. The molecule has 4 rings (SSSR count). The summed E-state index contributed by atoms with van der Waals surface area (Å²) in [6.45, 7) is 0. The molecule has 0 unspecified atom stereocenters. The Morgan fingerprint density at radius 1 is 1.16 bits per heavy atom. The summed E-state index contributed by atoms with van der Waals surface area (Å²) in [5, 5.41) is 3.94. The van der Waals surface area contributed by atoms with E-state index in [4.69, 9.17) is 0 Å². The van der Waals surface area contributed by atoms with Crippen LogP contribution in [0.25, 0.3) is 16.8 Å². The van der Waals surface area contributed by atoms with Crippen LogP contribution in [-0.2, 0) is 10.0 Å². The van der Waals surface area contributed by atoms with Crippen LogP contribution in [0.5, 0.6) is 0 Å². The zero-order valence-electron chi connectivity index (χ0n) is 15.9. The van der Waals surface area contributed by atoms with Crippen molar-refractivity contribution in [3.05, 3.63) is 83.0 Å². The number of benzene rings is 1. The van der Waals surface area contributed by atoms with Crippen LogP contribution < -0.4 is 0 Å². The van der Waals surface area contributed by atoms with E-state index in [0.717, 1.165) is 24.2 Å². The third kappa shape index (κ3) is 4.06. The molecule has 0 aliphatic carbocycles. The first-order valence-corrected chi connectivity index (χ1v) is 11.1. The van der Waals surface area contributed by atoms with Crippen LogP contribution in [0.2, 0.25) is 0 Å². The molecule has 0 bridgehead atoms. The van der Waals surface area contributed by atoms with Crippen molar-refractivity contribution in [1.82, 2.24) is 18.8 Å². The molecule has 0 saturated carbocycles. The Kier molecular flexibility index (Phi) is 5.54. The molecule has 0 aliphatic heterocycles. The third-order valence-electron chi connectivity index (χ3n) is 4.45. The molecule has 0 atom stereocenters. The Balaban J connectivity index is 1.68. The molecule has 1 aromatic carbocycles. The molecule has 0 spiro atoms. The van der Waals surface area contributed by atoms with Crippen molar-refractivity contribution in [3.63, 3.8) is 0 Å². The van der Waals surface area contributed by atoms with E-state index in [-0.39, 0.29) is 4.47 Å². The minimum absolute atomic E-state index is 0.233. The van der Waals surface area contributed by atoms with Gasteiger partial charge in [-0.1, -0.05) is 6.07 Å². The maximum atomic E-state index is 14.1. The van der Waals surface area contributed by atoms with Gasteiger partial charge in [0, 0.05) is 47.3 Å². The first-order chi connectivity index (χ1) is 14.8. The van der Waals surface area contributed by atoms with E-state index in [1.54, 1.807) is 16.8 Å². The highest BCUT2D eigenvalue weighted by atomic mass is 79.9. The molecule has 11 heteroatoms. The van der Waals surface area contributed by atoms with E-state index in [1.165, 1.54) is 12.4 Å². The molecule has 4 aromatic rings.